The van der Waals surface area contributed by atoms with Crippen LogP contribution in [0.1, 0.15) is 26.7 Å². The van der Waals surface area contributed by atoms with Gasteiger partial charge in [0, 0.05) is 44.5 Å². The molecule has 5 nitrogen and oxygen atoms in total. The first-order valence-electron chi connectivity index (χ1n) is 9.77. The summed E-state index contributed by atoms with van der Waals surface area (Å²) in [5, 5.41) is 6.04. The Kier molecular flexibility index (Phi) is 6.35. The van der Waals surface area contributed by atoms with Crippen LogP contribution >= 0.6 is 0 Å². The predicted molar refractivity (Wildman–Crippen MR) is 103 cm³/mol. The smallest absolute Gasteiger partial charge is 0.314 e. The number of hydrogen-bond acceptors (Lipinski definition) is 3. The molecule has 1 aromatic rings. The van der Waals surface area contributed by atoms with Gasteiger partial charge in [0.25, 0.3) is 0 Å². The summed E-state index contributed by atoms with van der Waals surface area (Å²) in [5.74, 6) is 0.791. The Labute approximate surface area is 155 Å². The molecule has 1 aromatic carbocycles. The lowest BCUT2D eigenvalue weighted by atomic mass is 10.1. The first kappa shape index (κ1) is 19.0. The van der Waals surface area contributed by atoms with Crippen LogP contribution in [-0.4, -0.2) is 56.2 Å². The van der Waals surface area contributed by atoms with Crippen molar-refractivity contribution in [1.82, 2.24) is 15.5 Å². The van der Waals surface area contributed by atoms with E-state index in [1.54, 1.807) is 0 Å². The molecule has 0 saturated carbocycles. The number of benzene rings is 1. The minimum Gasteiger partial charge on any atom is -0.371 e. The van der Waals surface area contributed by atoms with Gasteiger partial charge in [0.15, 0.2) is 0 Å². The van der Waals surface area contributed by atoms with E-state index >= 15 is 0 Å². The van der Waals surface area contributed by atoms with Crippen molar-refractivity contribution in [2.24, 2.45) is 11.8 Å². The zero-order valence-electron chi connectivity index (χ0n) is 15.9. The molecule has 0 bridgehead atoms. The van der Waals surface area contributed by atoms with E-state index in [9.17, 15) is 9.18 Å². The van der Waals surface area contributed by atoms with Crippen molar-refractivity contribution in [3.8, 4) is 0 Å². The molecule has 2 aliphatic rings. The first-order valence-corrected chi connectivity index (χ1v) is 9.77. The third-order valence-electron chi connectivity index (χ3n) is 5.63. The number of nitrogens with one attached hydrogen (secondary N) is 2. The summed E-state index contributed by atoms with van der Waals surface area (Å²) in [4.78, 5) is 16.8. The van der Waals surface area contributed by atoms with E-state index in [0.717, 1.165) is 51.3 Å². The average Bonchev–Trinajstić information content (AvgIpc) is 3.28. The van der Waals surface area contributed by atoms with Gasteiger partial charge < -0.3 is 20.4 Å². The normalized spacial score (nSPS) is 23.6. The number of nitrogens with zero attached hydrogens (tertiary/aromatic N) is 2. The van der Waals surface area contributed by atoms with Gasteiger partial charge >= 0.3 is 6.03 Å². The van der Waals surface area contributed by atoms with E-state index in [2.05, 4.69) is 34.3 Å². The van der Waals surface area contributed by atoms with Gasteiger partial charge in [0.1, 0.15) is 5.82 Å². The zero-order valence-corrected chi connectivity index (χ0v) is 15.9. The van der Waals surface area contributed by atoms with E-state index in [1.807, 2.05) is 12.1 Å². The Morgan fingerprint density at radius 3 is 2.31 bits per heavy atom. The summed E-state index contributed by atoms with van der Waals surface area (Å²) >= 11 is 0. The summed E-state index contributed by atoms with van der Waals surface area (Å²) in [5.41, 5.74) is 1.05. The van der Waals surface area contributed by atoms with E-state index in [0.29, 0.717) is 24.4 Å². The molecule has 0 aliphatic carbocycles. The second-order valence-electron chi connectivity index (χ2n) is 7.91. The van der Waals surface area contributed by atoms with E-state index in [-0.39, 0.29) is 11.8 Å². The SMILES string of the molecule is CC(C)N1CC[C@H](CNC(=O)NC[C@H]2CCN(c3ccc(F)cc3)C2)C1. The number of likely N-dealkylation sites (tertiary alicyclic amines) is 1. The molecule has 2 aliphatic heterocycles. The highest BCUT2D eigenvalue weighted by atomic mass is 19.1. The van der Waals surface area contributed by atoms with Crippen LogP contribution in [0.2, 0.25) is 0 Å². The van der Waals surface area contributed by atoms with E-state index in [1.165, 1.54) is 12.1 Å². The fourth-order valence-corrected chi connectivity index (χ4v) is 3.92. The van der Waals surface area contributed by atoms with Gasteiger partial charge in [0.2, 0.25) is 0 Å². The second kappa shape index (κ2) is 8.71. The molecule has 2 heterocycles. The minimum atomic E-state index is -0.207. The topological polar surface area (TPSA) is 47.6 Å². The average molecular weight is 362 g/mol. The number of carbonyl (C=O) groups excluding carboxylic acids is 1. The Morgan fingerprint density at radius 1 is 1.08 bits per heavy atom. The third kappa shape index (κ3) is 5.10. The quantitative estimate of drug-likeness (QED) is 0.818. The van der Waals surface area contributed by atoms with Gasteiger partial charge in [-0.1, -0.05) is 0 Å². The molecule has 2 N–H and O–H groups in total. The molecule has 0 radical (unpaired) electrons. The van der Waals surface area contributed by atoms with Crippen LogP contribution in [0, 0.1) is 17.7 Å². The van der Waals surface area contributed by atoms with Crippen LogP contribution in [0.15, 0.2) is 24.3 Å². The first-order chi connectivity index (χ1) is 12.5. The largest absolute Gasteiger partial charge is 0.371 e. The maximum absolute atomic E-state index is 13.0. The molecular formula is C20H31FN4O. The molecule has 26 heavy (non-hydrogen) atoms. The number of carbonyl (C=O) groups is 1. The van der Waals surface area contributed by atoms with Crippen molar-refractivity contribution in [2.75, 3.05) is 44.2 Å². The van der Waals surface area contributed by atoms with Crippen molar-refractivity contribution in [1.29, 1.82) is 0 Å². The van der Waals surface area contributed by atoms with E-state index in [4.69, 9.17) is 0 Å². The highest BCUT2D eigenvalue weighted by molar-refractivity contribution is 5.73. The van der Waals surface area contributed by atoms with Crippen molar-refractivity contribution in [2.45, 2.75) is 32.7 Å². The summed E-state index contributed by atoms with van der Waals surface area (Å²) in [7, 11) is 0. The highest BCUT2D eigenvalue weighted by Gasteiger charge is 2.25. The fraction of sp³-hybridized carbons (Fsp3) is 0.650. The van der Waals surface area contributed by atoms with Gasteiger partial charge in [-0.05, 0) is 69.3 Å². The van der Waals surface area contributed by atoms with Crippen LogP contribution in [0.4, 0.5) is 14.9 Å². The van der Waals surface area contributed by atoms with Gasteiger partial charge in [-0.3, -0.25) is 0 Å². The molecule has 144 valence electrons. The molecule has 3 rings (SSSR count). The monoisotopic (exact) mass is 362 g/mol. The lowest BCUT2D eigenvalue weighted by Crippen LogP contribution is -2.41. The summed E-state index contributed by atoms with van der Waals surface area (Å²) in [6.07, 6.45) is 2.21. The molecule has 6 heteroatoms. The predicted octanol–water partition coefficient (Wildman–Crippen LogP) is 2.68. The lowest BCUT2D eigenvalue weighted by molar-refractivity contribution is 0.235. The second-order valence-corrected chi connectivity index (χ2v) is 7.91. The summed E-state index contributed by atoms with van der Waals surface area (Å²) in [6, 6.07) is 7.16. The third-order valence-corrected chi connectivity index (χ3v) is 5.63. The van der Waals surface area contributed by atoms with Crippen LogP contribution in [0.25, 0.3) is 0 Å². The lowest BCUT2D eigenvalue weighted by Gasteiger charge is -2.20. The number of amides is 2. The highest BCUT2D eigenvalue weighted by Crippen LogP contribution is 2.23. The summed E-state index contributed by atoms with van der Waals surface area (Å²) < 4.78 is 13.0. The summed E-state index contributed by atoms with van der Waals surface area (Å²) in [6.45, 7) is 9.94. The Morgan fingerprint density at radius 2 is 1.69 bits per heavy atom. The Bertz CT molecular complexity index is 592. The van der Waals surface area contributed by atoms with Crippen LogP contribution in [0.3, 0.4) is 0 Å². The van der Waals surface area contributed by atoms with Gasteiger partial charge in [-0.25, -0.2) is 9.18 Å². The molecule has 0 aromatic heterocycles. The van der Waals surface area contributed by atoms with Gasteiger partial charge in [-0.15, -0.1) is 0 Å². The maximum atomic E-state index is 13.0. The van der Waals surface area contributed by atoms with Gasteiger partial charge in [-0.2, -0.15) is 0 Å². The molecule has 0 spiro atoms. The fourth-order valence-electron chi connectivity index (χ4n) is 3.92. The molecule has 2 atom stereocenters. The van der Waals surface area contributed by atoms with Crippen molar-refractivity contribution in [3.05, 3.63) is 30.1 Å². The van der Waals surface area contributed by atoms with Crippen molar-refractivity contribution < 1.29 is 9.18 Å². The van der Waals surface area contributed by atoms with Crippen LogP contribution in [-0.2, 0) is 0 Å². The molecule has 2 saturated heterocycles. The number of halogens is 1. The number of rotatable bonds is 6. The molecule has 0 unspecified atom stereocenters. The van der Waals surface area contributed by atoms with E-state index < -0.39 is 0 Å². The number of urea groups is 1. The van der Waals surface area contributed by atoms with Gasteiger partial charge in [0.05, 0.1) is 0 Å². The molecule has 2 amide bonds. The zero-order chi connectivity index (χ0) is 18.5. The van der Waals surface area contributed by atoms with Crippen LogP contribution in [0.5, 0.6) is 0 Å². The minimum absolute atomic E-state index is 0.0618. The number of anilines is 1. The molecular weight excluding hydrogens is 331 g/mol. The standard InChI is InChI=1S/C20H31FN4O/c1-15(2)24-9-7-16(13-24)11-22-20(26)23-12-17-8-10-25(14-17)19-5-3-18(21)4-6-19/h3-6,15-17H,7-14H2,1-2H3,(H2,22,23,26)/t16-,17-/m1/s1. The Balaban J connectivity index is 1.33. The Hall–Kier alpha value is -1.82. The maximum Gasteiger partial charge on any atom is 0.314 e. The van der Waals surface area contributed by atoms with Crippen molar-refractivity contribution >= 4 is 11.7 Å². The van der Waals surface area contributed by atoms with Crippen LogP contribution < -0.4 is 15.5 Å². The molecule has 2 fully saturated rings. The number of hydrogen-bond donors (Lipinski definition) is 2. The van der Waals surface area contributed by atoms with Crippen molar-refractivity contribution in [3.63, 3.8) is 0 Å².